The molecule has 2 N–H and O–H groups in total. The van der Waals surface area contributed by atoms with Gasteiger partial charge in [-0.3, -0.25) is 4.79 Å². The zero-order valence-corrected chi connectivity index (χ0v) is 15.4. The van der Waals surface area contributed by atoms with E-state index in [4.69, 9.17) is 4.74 Å². The molecule has 0 bridgehead atoms. The lowest BCUT2D eigenvalue weighted by atomic mass is 10.1. The van der Waals surface area contributed by atoms with Gasteiger partial charge in [-0.1, -0.05) is 30.3 Å². The quantitative estimate of drug-likeness (QED) is 0.786. The number of likely N-dealkylation sites (N-methyl/N-ethyl adjacent to an activating group) is 1. The molecular weight excluding hydrogens is 326 g/mol. The molecule has 0 aromatic heterocycles. The van der Waals surface area contributed by atoms with E-state index in [1.54, 1.807) is 0 Å². The molecule has 1 aliphatic heterocycles. The molecular formula is C21H28N3O2+. The van der Waals surface area contributed by atoms with Gasteiger partial charge < -0.3 is 19.9 Å². The second-order valence-corrected chi connectivity index (χ2v) is 6.81. The zero-order chi connectivity index (χ0) is 18.2. The van der Waals surface area contributed by atoms with Crippen molar-refractivity contribution in [3.63, 3.8) is 0 Å². The third-order valence-electron chi connectivity index (χ3n) is 4.67. The summed E-state index contributed by atoms with van der Waals surface area (Å²) in [6, 6.07) is 18.5. The lowest BCUT2D eigenvalue weighted by Gasteiger charge is -2.28. The number of hydrogen-bond acceptors (Lipinski definition) is 3. The predicted molar refractivity (Wildman–Crippen MR) is 105 cm³/mol. The van der Waals surface area contributed by atoms with E-state index in [0.29, 0.717) is 6.54 Å². The molecule has 1 atom stereocenters. The fourth-order valence-electron chi connectivity index (χ4n) is 3.15. The van der Waals surface area contributed by atoms with Crippen LogP contribution < -0.4 is 15.1 Å². The molecule has 138 valence electrons. The van der Waals surface area contributed by atoms with Gasteiger partial charge in [0.1, 0.15) is 0 Å². The number of hydrogen-bond donors (Lipinski definition) is 2. The molecule has 1 unspecified atom stereocenters. The van der Waals surface area contributed by atoms with Gasteiger partial charge in [-0.25, -0.2) is 0 Å². The first-order chi connectivity index (χ1) is 12.7. The molecule has 0 spiro atoms. The molecule has 5 nitrogen and oxygen atoms in total. The first-order valence-electron chi connectivity index (χ1n) is 9.28. The van der Waals surface area contributed by atoms with E-state index in [1.165, 1.54) is 16.2 Å². The highest BCUT2D eigenvalue weighted by molar-refractivity contribution is 5.91. The SMILES string of the molecule is C[NH+](CCc1ccccc1)CC(=O)Nc1ccc(N2CCOCC2)cc1. The average Bonchev–Trinajstić information content (AvgIpc) is 2.68. The Morgan fingerprint density at radius 2 is 1.77 bits per heavy atom. The highest BCUT2D eigenvalue weighted by atomic mass is 16.5. The summed E-state index contributed by atoms with van der Waals surface area (Å²) in [5, 5.41) is 3.00. The highest BCUT2D eigenvalue weighted by Gasteiger charge is 2.13. The Morgan fingerprint density at radius 3 is 2.46 bits per heavy atom. The van der Waals surface area contributed by atoms with Crippen molar-refractivity contribution >= 4 is 17.3 Å². The van der Waals surface area contributed by atoms with Gasteiger partial charge in [0, 0.05) is 30.9 Å². The largest absolute Gasteiger partial charge is 0.378 e. The maximum atomic E-state index is 12.3. The first-order valence-corrected chi connectivity index (χ1v) is 9.28. The predicted octanol–water partition coefficient (Wildman–Crippen LogP) is 1.22. The van der Waals surface area contributed by atoms with Crippen LogP contribution in [0.2, 0.25) is 0 Å². The number of carbonyl (C=O) groups excluding carboxylic acids is 1. The van der Waals surface area contributed by atoms with Gasteiger partial charge >= 0.3 is 0 Å². The number of rotatable bonds is 7. The van der Waals surface area contributed by atoms with E-state index in [9.17, 15) is 4.79 Å². The van der Waals surface area contributed by atoms with Crippen LogP contribution in [0.25, 0.3) is 0 Å². The Hall–Kier alpha value is -2.37. The van der Waals surface area contributed by atoms with Crippen LogP contribution in [0.4, 0.5) is 11.4 Å². The summed E-state index contributed by atoms with van der Waals surface area (Å²) in [6.07, 6.45) is 0.980. The third kappa shape index (κ3) is 5.58. The van der Waals surface area contributed by atoms with E-state index in [-0.39, 0.29) is 5.91 Å². The van der Waals surface area contributed by atoms with Crippen LogP contribution in [0.5, 0.6) is 0 Å². The highest BCUT2D eigenvalue weighted by Crippen LogP contribution is 2.18. The van der Waals surface area contributed by atoms with Gasteiger partial charge in [0.05, 0.1) is 26.8 Å². The fraction of sp³-hybridized carbons (Fsp3) is 0.381. The Labute approximate surface area is 155 Å². The normalized spacial score (nSPS) is 15.5. The smallest absolute Gasteiger partial charge is 0.279 e. The summed E-state index contributed by atoms with van der Waals surface area (Å²) in [7, 11) is 2.06. The number of benzene rings is 2. The van der Waals surface area contributed by atoms with Gasteiger partial charge in [0.25, 0.3) is 5.91 Å². The minimum absolute atomic E-state index is 0.0506. The molecule has 1 saturated heterocycles. The second kappa shape index (κ2) is 9.36. The number of anilines is 2. The third-order valence-corrected chi connectivity index (χ3v) is 4.67. The molecule has 3 rings (SSSR count). The number of morpholine rings is 1. The van der Waals surface area contributed by atoms with Crippen molar-refractivity contribution in [2.75, 3.05) is 56.7 Å². The number of nitrogens with zero attached hydrogens (tertiary/aromatic N) is 1. The van der Waals surface area contributed by atoms with Crippen molar-refractivity contribution in [3.8, 4) is 0 Å². The zero-order valence-electron chi connectivity index (χ0n) is 15.4. The molecule has 2 aromatic carbocycles. The van der Waals surface area contributed by atoms with E-state index in [1.807, 2.05) is 18.2 Å². The average molecular weight is 354 g/mol. The van der Waals surface area contributed by atoms with Crippen molar-refractivity contribution < 1.29 is 14.4 Å². The lowest BCUT2D eigenvalue weighted by molar-refractivity contribution is -0.870. The number of nitrogens with one attached hydrogen (secondary N) is 2. The van der Waals surface area contributed by atoms with Crippen LogP contribution in [-0.4, -0.2) is 52.3 Å². The second-order valence-electron chi connectivity index (χ2n) is 6.81. The van der Waals surface area contributed by atoms with E-state index >= 15 is 0 Å². The standard InChI is InChI=1S/C21H27N3O2/c1-23(12-11-18-5-3-2-4-6-18)17-21(25)22-19-7-9-20(10-8-19)24-13-15-26-16-14-24/h2-10H,11-17H2,1H3,(H,22,25)/p+1. The van der Waals surface area contributed by atoms with Crippen molar-refractivity contribution in [2.45, 2.75) is 6.42 Å². The number of amides is 1. The van der Waals surface area contributed by atoms with Crippen molar-refractivity contribution in [1.82, 2.24) is 0 Å². The first kappa shape index (κ1) is 18.4. The van der Waals surface area contributed by atoms with Crippen molar-refractivity contribution in [3.05, 3.63) is 60.2 Å². The summed E-state index contributed by atoms with van der Waals surface area (Å²) >= 11 is 0. The lowest BCUT2D eigenvalue weighted by Crippen LogP contribution is -3.10. The molecule has 1 heterocycles. The molecule has 2 aromatic rings. The summed E-state index contributed by atoms with van der Waals surface area (Å²) < 4.78 is 5.38. The number of carbonyl (C=O) groups is 1. The number of ether oxygens (including phenoxy) is 1. The summed E-state index contributed by atoms with van der Waals surface area (Å²) in [5.74, 6) is 0.0506. The van der Waals surface area contributed by atoms with Crippen LogP contribution >= 0.6 is 0 Å². The van der Waals surface area contributed by atoms with Crippen molar-refractivity contribution in [2.24, 2.45) is 0 Å². The minimum Gasteiger partial charge on any atom is -0.378 e. The minimum atomic E-state index is 0.0506. The fourth-order valence-corrected chi connectivity index (χ4v) is 3.15. The van der Waals surface area contributed by atoms with Crippen LogP contribution in [0, 0.1) is 0 Å². The number of quaternary nitrogens is 1. The molecule has 1 aliphatic rings. The molecule has 5 heteroatoms. The van der Waals surface area contributed by atoms with E-state index in [2.05, 4.69) is 53.7 Å². The topological polar surface area (TPSA) is 46.0 Å². The maximum absolute atomic E-state index is 12.3. The molecule has 1 amide bonds. The van der Waals surface area contributed by atoms with Crippen LogP contribution in [-0.2, 0) is 16.0 Å². The van der Waals surface area contributed by atoms with Gasteiger partial charge in [0.15, 0.2) is 6.54 Å². The Morgan fingerprint density at radius 1 is 1.08 bits per heavy atom. The van der Waals surface area contributed by atoms with Gasteiger partial charge in [-0.2, -0.15) is 0 Å². The molecule has 0 radical (unpaired) electrons. The van der Waals surface area contributed by atoms with E-state index < -0.39 is 0 Å². The molecule has 0 saturated carbocycles. The maximum Gasteiger partial charge on any atom is 0.279 e. The van der Waals surface area contributed by atoms with Gasteiger partial charge in [0.2, 0.25) is 0 Å². The van der Waals surface area contributed by atoms with Crippen LogP contribution in [0.3, 0.4) is 0 Å². The Balaban J connectivity index is 1.43. The molecule has 1 fully saturated rings. The molecule has 26 heavy (non-hydrogen) atoms. The van der Waals surface area contributed by atoms with Gasteiger partial charge in [-0.05, 0) is 29.8 Å². The monoisotopic (exact) mass is 354 g/mol. The summed E-state index contributed by atoms with van der Waals surface area (Å²) in [5.41, 5.74) is 3.34. The summed E-state index contributed by atoms with van der Waals surface area (Å²) in [6.45, 7) is 4.79. The van der Waals surface area contributed by atoms with Crippen LogP contribution in [0.15, 0.2) is 54.6 Å². The van der Waals surface area contributed by atoms with Crippen molar-refractivity contribution in [1.29, 1.82) is 0 Å². The van der Waals surface area contributed by atoms with E-state index in [0.717, 1.165) is 45.0 Å². The van der Waals surface area contributed by atoms with Gasteiger partial charge in [-0.15, -0.1) is 0 Å². The molecule has 0 aliphatic carbocycles. The summed E-state index contributed by atoms with van der Waals surface area (Å²) in [4.78, 5) is 15.8. The van der Waals surface area contributed by atoms with Crippen LogP contribution in [0.1, 0.15) is 5.56 Å². The Kier molecular flexibility index (Phi) is 6.63. The Bertz CT molecular complexity index is 682.